The fraction of sp³-hybridized carbons (Fsp3) is 0.353. The van der Waals surface area contributed by atoms with E-state index in [0.717, 1.165) is 11.1 Å². The molecule has 9 heteroatoms. The fourth-order valence-corrected chi connectivity index (χ4v) is 4.20. The molecule has 1 aromatic heterocycles. The van der Waals surface area contributed by atoms with Crippen molar-refractivity contribution in [1.82, 2.24) is 9.78 Å². The normalized spacial score (nSPS) is 16.6. The van der Waals surface area contributed by atoms with Crippen LogP contribution in [0.25, 0.3) is 0 Å². The number of benzene rings is 1. The maximum atomic E-state index is 13.5. The largest absolute Gasteiger partial charge is 0.465 e. The van der Waals surface area contributed by atoms with Crippen LogP contribution in [0.2, 0.25) is 5.02 Å². The van der Waals surface area contributed by atoms with Crippen LogP contribution in [0, 0.1) is 12.7 Å². The number of esters is 1. The first kappa shape index (κ1) is 18.7. The lowest BCUT2D eigenvalue weighted by atomic mass is 10.0. The molecule has 1 amide bonds. The molecule has 138 valence electrons. The van der Waals surface area contributed by atoms with E-state index in [0.29, 0.717) is 11.5 Å². The molecule has 0 fully saturated rings. The van der Waals surface area contributed by atoms with E-state index in [4.69, 9.17) is 16.3 Å². The van der Waals surface area contributed by atoms with E-state index in [2.05, 4.69) is 10.4 Å². The summed E-state index contributed by atoms with van der Waals surface area (Å²) in [4.78, 5) is 24.0. The Morgan fingerprint density at radius 3 is 3.00 bits per heavy atom. The summed E-state index contributed by atoms with van der Waals surface area (Å²) >= 11 is 7.33. The molecular weight excluding hydrogens is 381 g/mol. The maximum Gasteiger partial charge on any atom is 0.327 e. The number of carbonyl (C=O) groups is 2. The minimum atomic E-state index is -0.502. The third kappa shape index (κ3) is 3.71. The van der Waals surface area contributed by atoms with Crippen molar-refractivity contribution in [3.05, 3.63) is 45.9 Å². The summed E-state index contributed by atoms with van der Waals surface area (Å²) in [5.74, 6) is -0.468. The fourth-order valence-electron chi connectivity index (χ4n) is 2.83. The number of nitrogens with zero attached hydrogens (tertiary/aromatic N) is 2. The lowest BCUT2D eigenvalue weighted by molar-refractivity contribution is -0.144. The smallest absolute Gasteiger partial charge is 0.327 e. The van der Waals surface area contributed by atoms with Crippen molar-refractivity contribution in [2.75, 3.05) is 17.7 Å². The number of aryl methyl sites for hydroxylation is 1. The molecular formula is C17H17ClFN3O3S. The van der Waals surface area contributed by atoms with Gasteiger partial charge in [0.1, 0.15) is 18.2 Å². The van der Waals surface area contributed by atoms with Crippen molar-refractivity contribution in [2.24, 2.45) is 0 Å². The highest BCUT2D eigenvalue weighted by Gasteiger charge is 2.31. The Morgan fingerprint density at radius 2 is 2.31 bits per heavy atom. The molecule has 1 aliphatic rings. The quantitative estimate of drug-likeness (QED) is 0.801. The van der Waals surface area contributed by atoms with E-state index in [1.165, 1.54) is 22.5 Å². The van der Waals surface area contributed by atoms with E-state index < -0.39 is 11.8 Å². The molecule has 0 spiro atoms. The van der Waals surface area contributed by atoms with E-state index in [1.807, 2.05) is 0 Å². The first-order valence-corrected chi connectivity index (χ1v) is 9.42. The van der Waals surface area contributed by atoms with Gasteiger partial charge in [0.15, 0.2) is 0 Å². The minimum absolute atomic E-state index is 0.0183. The lowest BCUT2D eigenvalue weighted by Gasteiger charge is -2.16. The second kappa shape index (κ2) is 7.67. The monoisotopic (exact) mass is 397 g/mol. The number of aromatic nitrogens is 2. The van der Waals surface area contributed by atoms with Gasteiger partial charge in [0.25, 0.3) is 0 Å². The molecule has 6 nitrogen and oxygen atoms in total. The zero-order chi connectivity index (χ0) is 18.8. The number of amides is 1. The van der Waals surface area contributed by atoms with Crippen molar-refractivity contribution in [3.63, 3.8) is 0 Å². The molecule has 0 saturated carbocycles. The summed E-state index contributed by atoms with van der Waals surface area (Å²) in [7, 11) is 0. The van der Waals surface area contributed by atoms with Crippen LogP contribution >= 0.6 is 23.4 Å². The van der Waals surface area contributed by atoms with Gasteiger partial charge in [0.05, 0.1) is 28.3 Å². The Bertz CT molecular complexity index is 871. The molecule has 0 saturated heterocycles. The first-order chi connectivity index (χ1) is 12.4. The standard InChI is InChI=1S/C17H17ClFN3O3S/c1-3-25-14(24)7-22-17-15(9(2)21-22)16(26-8-13(23)20-17)10-4-5-12(19)11(18)6-10/h4-6,16H,3,7-8H2,1-2H3,(H,20,23). The number of ether oxygens (including phenoxy) is 1. The van der Waals surface area contributed by atoms with Crippen LogP contribution in [0.1, 0.15) is 29.0 Å². The van der Waals surface area contributed by atoms with Crippen LogP contribution in [0.4, 0.5) is 10.2 Å². The van der Waals surface area contributed by atoms with Gasteiger partial charge in [-0.25, -0.2) is 9.07 Å². The van der Waals surface area contributed by atoms with Gasteiger partial charge in [-0.05, 0) is 31.5 Å². The maximum absolute atomic E-state index is 13.5. The average molecular weight is 398 g/mol. The van der Waals surface area contributed by atoms with Gasteiger partial charge in [-0.15, -0.1) is 11.8 Å². The summed E-state index contributed by atoms with van der Waals surface area (Å²) in [6, 6.07) is 4.49. The molecule has 1 atom stereocenters. The average Bonchev–Trinajstić information content (AvgIpc) is 2.77. The lowest BCUT2D eigenvalue weighted by Crippen LogP contribution is -2.20. The third-order valence-electron chi connectivity index (χ3n) is 3.91. The van der Waals surface area contributed by atoms with Crippen molar-refractivity contribution >= 4 is 41.1 Å². The van der Waals surface area contributed by atoms with Gasteiger partial charge in [-0.1, -0.05) is 17.7 Å². The molecule has 1 aliphatic heterocycles. The molecule has 2 heterocycles. The highest BCUT2D eigenvalue weighted by atomic mass is 35.5. The van der Waals surface area contributed by atoms with E-state index >= 15 is 0 Å². The van der Waals surface area contributed by atoms with Gasteiger partial charge in [0.2, 0.25) is 5.91 Å². The van der Waals surface area contributed by atoms with Crippen molar-refractivity contribution in [1.29, 1.82) is 0 Å². The third-order valence-corrected chi connectivity index (χ3v) is 5.47. The number of nitrogens with one attached hydrogen (secondary N) is 1. The van der Waals surface area contributed by atoms with Crippen LogP contribution in [-0.2, 0) is 20.9 Å². The zero-order valence-electron chi connectivity index (χ0n) is 14.2. The zero-order valence-corrected chi connectivity index (χ0v) is 15.8. The van der Waals surface area contributed by atoms with Gasteiger partial charge in [0, 0.05) is 5.56 Å². The Kier molecular flexibility index (Phi) is 5.52. The SMILES string of the molecule is CCOC(=O)Cn1nc(C)c2c1NC(=O)CSC2c1ccc(F)c(Cl)c1. The number of halogens is 2. The van der Waals surface area contributed by atoms with Crippen LogP contribution < -0.4 is 5.32 Å². The highest BCUT2D eigenvalue weighted by molar-refractivity contribution is 8.00. The topological polar surface area (TPSA) is 73.2 Å². The van der Waals surface area contributed by atoms with Crippen LogP contribution in [0.5, 0.6) is 0 Å². The molecule has 1 unspecified atom stereocenters. The van der Waals surface area contributed by atoms with Crippen LogP contribution in [-0.4, -0.2) is 34.0 Å². The predicted octanol–water partition coefficient (Wildman–Crippen LogP) is 3.32. The summed E-state index contributed by atoms with van der Waals surface area (Å²) < 4.78 is 19.9. The van der Waals surface area contributed by atoms with E-state index in [9.17, 15) is 14.0 Å². The van der Waals surface area contributed by atoms with Gasteiger partial charge >= 0.3 is 5.97 Å². The molecule has 26 heavy (non-hydrogen) atoms. The molecule has 0 bridgehead atoms. The first-order valence-electron chi connectivity index (χ1n) is 8.00. The summed E-state index contributed by atoms with van der Waals surface area (Å²) in [6.07, 6.45) is 0. The van der Waals surface area contributed by atoms with Crippen LogP contribution in [0.15, 0.2) is 18.2 Å². The second-order valence-electron chi connectivity index (χ2n) is 5.72. The number of carbonyl (C=O) groups excluding carboxylic acids is 2. The number of fused-ring (bicyclic) bond motifs is 1. The minimum Gasteiger partial charge on any atom is -0.465 e. The Morgan fingerprint density at radius 1 is 1.54 bits per heavy atom. The Labute approximate surface area is 159 Å². The van der Waals surface area contributed by atoms with Crippen molar-refractivity contribution < 1.29 is 18.7 Å². The summed E-state index contributed by atoms with van der Waals surface area (Å²) in [6.45, 7) is 3.68. The van der Waals surface area contributed by atoms with Crippen molar-refractivity contribution in [3.8, 4) is 0 Å². The number of rotatable bonds is 4. The molecule has 0 radical (unpaired) electrons. The van der Waals surface area contributed by atoms with Crippen molar-refractivity contribution in [2.45, 2.75) is 25.6 Å². The summed E-state index contributed by atoms with van der Waals surface area (Å²) in [5.41, 5.74) is 2.20. The van der Waals surface area contributed by atoms with E-state index in [-0.39, 0.29) is 35.1 Å². The van der Waals surface area contributed by atoms with Gasteiger partial charge in [-0.3, -0.25) is 9.59 Å². The molecule has 3 rings (SSSR count). The van der Waals surface area contributed by atoms with Gasteiger partial charge < -0.3 is 10.1 Å². The highest BCUT2D eigenvalue weighted by Crippen LogP contribution is 2.43. The second-order valence-corrected chi connectivity index (χ2v) is 7.22. The van der Waals surface area contributed by atoms with Gasteiger partial charge in [-0.2, -0.15) is 5.10 Å². The number of hydrogen-bond donors (Lipinski definition) is 1. The number of hydrogen-bond acceptors (Lipinski definition) is 5. The molecule has 2 aromatic rings. The predicted molar refractivity (Wildman–Crippen MR) is 97.9 cm³/mol. The molecule has 1 N–H and O–H groups in total. The molecule has 1 aromatic carbocycles. The Balaban J connectivity index is 2.05. The van der Waals surface area contributed by atoms with Crippen LogP contribution in [0.3, 0.4) is 0 Å². The van der Waals surface area contributed by atoms with E-state index in [1.54, 1.807) is 26.0 Å². The number of anilines is 1. The molecule has 0 aliphatic carbocycles. The Hall–Kier alpha value is -2.06. The summed E-state index contributed by atoms with van der Waals surface area (Å²) in [5, 5.41) is 6.95. The number of thioether (sulfide) groups is 1.